The van der Waals surface area contributed by atoms with E-state index in [2.05, 4.69) is 16.9 Å². The van der Waals surface area contributed by atoms with Gasteiger partial charge in [0.15, 0.2) is 5.13 Å². The average Bonchev–Trinajstić information content (AvgIpc) is 2.59. The van der Waals surface area contributed by atoms with Crippen LogP contribution in [0.5, 0.6) is 0 Å². The van der Waals surface area contributed by atoms with Crippen molar-refractivity contribution in [3.8, 4) is 0 Å². The molecule has 0 atom stereocenters. The number of carbonyl (C=O) groups excluding carboxylic acids is 1. The summed E-state index contributed by atoms with van der Waals surface area (Å²) in [4.78, 5) is 16.4. The zero-order valence-electron chi connectivity index (χ0n) is 7.58. The molecule has 0 bridgehead atoms. The van der Waals surface area contributed by atoms with Crippen molar-refractivity contribution in [1.82, 2.24) is 4.98 Å². The lowest BCUT2D eigenvalue weighted by molar-refractivity contribution is -0.111. The fourth-order valence-corrected chi connectivity index (χ4v) is 2.18. The Morgan fingerprint density at radius 2 is 2.57 bits per heavy atom. The number of rotatable bonds is 2. The molecule has 0 aliphatic carbocycles. The number of carbonyl (C=O) groups is 1. The normalized spacial score (nSPS) is 14.6. The quantitative estimate of drug-likeness (QED) is 0.749. The smallest absolute Gasteiger partial charge is 0.249 e. The molecule has 74 valence electrons. The maximum Gasteiger partial charge on any atom is 0.249 e. The summed E-state index contributed by atoms with van der Waals surface area (Å²) in [5.41, 5.74) is 1.04. The summed E-state index contributed by atoms with van der Waals surface area (Å²) in [6.45, 7) is 4.70. The third-order valence-corrected chi connectivity index (χ3v) is 2.90. The first-order valence-corrected chi connectivity index (χ1v) is 5.11. The van der Waals surface area contributed by atoms with Crippen molar-refractivity contribution in [3.05, 3.63) is 23.2 Å². The van der Waals surface area contributed by atoms with Crippen LogP contribution in [0.2, 0.25) is 0 Å². The Labute approximate surface area is 85.6 Å². The summed E-state index contributed by atoms with van der Waals surface area (Å²) in [5.74, 6) is -0.225. The van der Waals surface area contributed by atoms with Gasteiger partial charge < -0.3 is 4.74 Å². The van der Waals surface area contributed by atoms with Gasteiger partial charge in [0.25, 0.3) is 0 Å². The standard InChI is InChI=1S/C9H10N2O2S/c1-2-8(12)11-9-10-6-3-4-13-5-7(6)14-9/h2H,1,3-5H2,(H,10,11,12). The minimum Gasteiger partial charge on any atom is -0.375 e. The lowest BCUT2D eigenvalue weighted by Crippen LogP contribution is -2.08. The molecule has 2 heterocycles. The average molecular weight is 210 g/mol. The predicted octanol–water partition coefficient (Wildman–Crippen LogP) is 1.34. The number of nitrogens with one attached hydrogen (secondary N) is 1. The fourth-order valence-electron chi connectivity index (χ4n) is 1.24. The summed E-state index contributed by atoms with van der Waals surface area (Å²) in [5, 5.41) is 3.27. The molecular formula is C9H10N2O2S. The second kappa shape index (κ2) is 3.89. The highest BCUT2D eigenvalue weighted by Gasteiger charge is 2.15. The van der Waals surface area contributed by atoms with Gasteiger partial charge in [0.05, 0.1) is 23.8 Å². The van der Waals surface area contributed by atoms with Crippen molar-refractivity contribution >= 4 is 22.4 Å². The predicted molar refractivity (Wildman–Crippen MR) is 54.3 cm³/mol. The molecule has 0 aromatic carbocycles. The van der Waals surface area contributed by atoms with E-state index in [9.17, 15) is 4.79 Å². The second-order valence-electron chi connectivity index (χ2n) is 2.88. The minimum absolute atomic E-state index is 0.225. The summed E-state index contributed by atoms with van der Waals surface area (Å²) in [7, 11) is 0. The van der Waals surface area contributed by atoms with Crippen LogP contribution < -0.4 is 5.32 Å². The summed E-state index contributed by atoms with van der Waals surface area (Å²) in [6.07, 6.45) is 2.06. The Hall–Kier alpha value is -1.20. The first-order chi connectivity index (χ1) is 6.79. The maximum atomic E-state index is 11.0. The van der Waals surface area contributed by atoms with Crippen molar-refractivity contribution in [3.63, 3.8) is 0 Å². The van der Waals surface area contributed by atoms with Crippen molar-refractivity contribution in [2.24, 2.45) is 0 Å². The largest absolute Gasteiger partial charge is 0.375 e. The Morgan fingerprint density at radius 1 is 1.71 bits per heavy atom. The van der Waals surface area contributed by atoms with Gasteiger partial charge in [0, 0.05) is 6.42 Å². The van der Waals surface area contributed by atoms with Crippen LogP contribution in [0.3, 0.4) is 0 Å². The van der Waals surface area contributed by atoms with Crippen LogP contribution in [0.1, 0.15) is 10.6 Å². The number of anilines is 1. The molecule has 0 fully saturated rings. The molecule has 0 radical (unpaired) electrons. The highest BCUT2D eigenvalue weighted by Crippen LogP contribution is 2.26. The molecule has 0 saturated carbocycles. The molecule has 4 nitrogen and oxygen atoms in total. The topological polar surface area (TPSA) is 51.2 Å². The van der Waals surface area contributed by atoms with E-state index in [1.54, 1.807) is 0 Å². The molecule has 0 saturated heterocycles. The number of hydrogen-bond donors (Lipinski definition) is 1. The van der Waals surface area contributed by atoms with Crippen molar-refractivity contribution in [2.75, 3.05) is 11.9 Å². The minimum atomic E-state index is -0.225. The number of ether oxygens (including phenoxy) is 1. The molecule has 1 aliphatic heterocycles. The van der Waals surface area contributed by atoms with Crippen LogP contribution in [0.4, 0.5) is 5.13 Å². The Morgan fingerprint density at radius 3 is 3.29 bits per heavy atom. The van der Waals surface area contributed by atoms with Crippen LogP contribution in [0, 0.1) is 0 Å². The SMILES string of the molecule is C=CC(=O)Nc1nc2c(s1)COCC2. The van der Waals surface area contributed by atoms with Gasteiger partial charge in [-0.3, -0.25) is 10.1 Å². The van der Waals surface area contributed by atoms with Gasteiger partial charge in [-0.05, 0) is 6.08 Å². The van der Waals surface area contributed by atoms with Crippen molar-refractivity contribution < 1.29 is 9.53 Å². The summed E-state index contributed by atoms with van der Waals surface area (Å²) >= 11 is 1.46. The molecule has 1 aliphatic rings. The Kier molecular flexibility index (Phi) is 2.60. The van der Waals surface area contributed by atoms with Crippen LogP contribution in [-0.4, -0.2) is 17.5 Å². The Bertz CT molecular complexity index is 349. The molecule has 5 heteroatoms. The van der Waals surface area contributed by atoms with Crippen LogP contribution >= 0.6 is 11.3 Å². The maximum absolute atomic E-state index is 11.0. The first-order valence-electron chi connectivity index (χ1n) is 4.29. The van der Waals surface area contributed by atoms with Gasteiger partial charge in [-0.25, -0.2) is 4.98 Å². The van der Waals surface area contributed by atoms with Crippen LogP contribution in [-0.2, 0) is 22.6 Å². The zero-order chi connectivity index (χ0) is 9.97. The van der Waals surface area contributed by atoms with E-state index in [1.165, 1.54) is 17.4 Å². The van der Waals surface area contributed by atoms with Crippen LogP contribution in [0.25, 0.3) is 0 Å². The number of thiazole rings is 1. The molecule has 0 unspecified atom stereocenters. The summed E-state index contributed by atoms with van der Waals surface area (Å²) in [6, 6.07) is 0. The number of nitrogens with zero attached hydrogens (tertiary/aromatic N) is 1. The van der Waals surface area contributed by atoms with Gasteiger partial charge in [-0.15, -0.1) is 0 Å². The number of aromatic nitrogens is 1. The van der Waals surface area contributed by atoms with Gasteiger partial charge in [-0.2, -0.15) is 0 Å². The van der Waals surface area contributed by atoms with E-state index in [-0.39, 0.29) is 5.91 Å². The molecule has 14 heavy (non-hydrogen) atoms. The molecule has 0 spiro atoms. The molecular weight excluding hydrogens is 200 g/mol. The number of hydrogen-bond acceptors (Lipinski definition) is 4. The van der Waals surface area contributed by atoms with E-state index in [0.29, 0.717) is 18.3 Å². The third-order valence-electron chi connectivity index (χ3n) is 1.91. The van der Waals surface area contributed by atoms with E-state index < -0.39 is 0 Å². The molecule has 1 N–H and O–H groups in total. The molecule has 1 aromatic heterocycles. The van der Waals surface area contributed by atoms with E-state index in [0.717, 1.165) is 17.0 Å². The fraction of sp³-hybridized carbons (Fsp3) is 0.333. The Balaban J connectivity index is 2.16. The van der Waals surface area contributed by atoms with Gasteiger partial charge in [-0.1, -0.05) is 17.9 Å². The lowest BCUT2D eigenvalue weighted by atomic mass is 10.2. The molecule has 2 rings (SSSR count). The molecule has 1 aromatic rings. The van der Waals surface area contributed by atoms with Crippen LogP contribution in [0.15, 0.2) is 12.7 Å². The van der Waals surface area contributed by atoms with Gasteiger partial charge in [0.1, 0.15) is 0 Å². The number of amides is 1. The lowest BCUT2D eigenvalue weighted by Gasteiger charge is -2.08. The third kappa shape index (κ3) is 1.83. The zero-order valence-corrected chi connectivity index (χ0v) is 8.39. The second-order valence-corrected chi connectivity index (χ2v) is 3.97. The number of fused-ring (bicyclic) bond motifs is 1. The van der Waals surface area contributed by atoms with Gasteiger partial charge >= 0.3 is 0 Å². The molecule has 1 amide bonds. The van der Waals surface area contributed by atoms with Crippen molar-refractivity contribution in [2.45, 2.75) is 13.0 Å². The van der Waals surface area contributed by atoms with E-state index >= 15 is 0 Å². The monoisotopic (exact) mass is 210 g/mol. The van der Waals surface area contributed by atoms with Gasteiger partial charge in [0.2, 0.25) is 5.91 Å². The summed E-state index contributed by atoms with van der Waals surface area (Å²) < 4.78 is 5.28. The van der Waals surface area contributed by atoms with E-state index in [4.69, 9.17) is 4.74 Å². The van der Waals surface area contributed by atoms with E-state index in [1.807, 2.05) is 0 Å². The van der Waals surface area contributed by atoms with Crippen molar-refractivity contribution in [1.29, 1.82) is 0 Å². The highest BCUT2D eigenvalue weighted by molar-refractivity contribution is 7.15. The highest BCUT2D eigenvalue weighted by atomic mass is 32.1. The first kappa shape index (κ1) is 9.36.